The monoisotopic (exact) mass is 456 g/mol. The van der Waals surface area contributed by atoms with Crippen LogP contribution in [-0.4, -0.2) is 34.2 Å². The van der Waals surface area contributed by atoms with Crippen molar-refractivity contribution in [3.63, 3.8) is 0 Å². The minimum Gasteiger partial charge on any atom is -0.348 e. The number of carbonyl (C=O) groups excluding carboxylic acids is 1. The first-order valence-electron chi connectivity index (χ1n) is 11.1. The Labute approximate surface area is 191 Å². The lowest BCUT2D eigenvalue weighted by atomic mass is 10.1. The quantitative estimate of drug-likeness (QED) is 0.510. The Morgan fingerprint density at radius 2 is 1.88 bits per heavy atom. The normalized spacial score (nSPS) is 14.0. The molecular weight excluding hydrogens is 429 g/mol. The van der Waals surface area contributed by atoms with E-state index in [9.17, 15) is 18.0 Å². The first-order chi connectivity index (χ1) is 15.8. The second kappa shape index (κ2) is 9.39. The summed E-state index contributed by atoms with van der Waals surface area (Å²) in [6.07, 6.45) is -1.21. The Kier molecular flexibility index (Phi) is 6.56. The zero-order chi connectivity index (χ0) is 23.6. The SMILES string of the molecule is CCN(C)Cc1cccc(CNC(=O)c2cnn(-c3cccc(C(F)(F)F)c3)c2C2CC2)c1. The number of nitrogens with one attached hydrogen (secondary N) is 1. The summed E-state index contributed by atoms with van der Waals surface area (Å²) >= 11 is 0. The van der Waals surface area contributed by atoms with Crippen molar-refractivity contribution in [1.82, 2.24) is 20.0 Å². The van der Waals surface area contributed by atoms with Crippen LogP contribution >= 0.6 is 0 Å². The van der Waals surface area contributed by atoms with Gasteiger partial charge in [-0.15, -0.1) is 0 Å². The van der Waals surface area contributed by atoms with Crippen LogP contribution in [0.4, 0.5) is 13.2 Å². The van der Waals surface area contributed by atoms with Crippen LogP contribution in [0.25, 0.3) is 5.69 Å². The highest BCUT2D eigenvalue weighted by atomic mass is 19.4. The predicted octanol–water partition coefficient (Wildman–Crippen LogP) is 5.15. The predicted molar refractivity (Wildman–Crippen MR) is 120 cm³/mol. The highest BCUT2D eigenvalue weighted by Crippen LogP contribution is 2.42. The van der Waals surface area contributed by atoms with E-state index < -0.39 is 11.7 Å². The van der Waals surface area contributed by atoms with Crippen LogP contribution in [0.1, 0.15) is 58.4 Å². The number of hydrogen-bond donors (Lipinski definition) is 1. The maximum Gasteiger partial charge on any atom is 0.416 e. The largest absolute Gasteiger partial charge is 0.416 e. The fourth-order valence-electron chi connectivity index (χ4n) is 3.84. The van der Waals surface area contributed by atoms with E-state index in [1.807, 2.05) is 12.1 Å². The van der Waals surface area contributed by atoms with Gasteiger partial charge in [0.2, 0.25) is 0 Å². The molecule has 0 spiro atoms. The molecule has 2 aromatic carbocycles. The van der Waals surface area contributed by atoms with Crippen molar-refractivity contribution >= 4 is 5.91 Å². The zero-order valence-electron chi connectivity index (χ0n) is 18.7. The van der Waals surface area contributed by atoms with Crippen LogP contribution in [-0.2, 0) is 19.3 Å². The molecule has 0 atom stereocenters. The summed E-state index contributed by atoms with van der Waals surface area (Å²) < 4.78 is 41.0. The molecule has 1 aromatic heterocycles. The molecule has 0 bridgehead atoms. The van der Waals surface area contributed by atoms with Crippen LogP contribution in [0.3, 0.4) is 0 Å². The second-order valence-corrected chi connectivity index (χ2v) is 8.51. The summed E-state index contributed by atoms with van der Waals surface area (Å²) in [5.74, 6) is -0.151. The van der Waals surface area contributed by atoms with Gasteiger partial charge in [0.25, 0.3) is 5.91 Å². The molecular formula is C25H27F3N4O. The number of nitrogens with zero attached hydrogens (tertiary/aromatic N) is 3. The van der Waals surface area contributed by atoms with Gasteiger partial charge in [0.15, 0.2) is 0 Å². The van der Waals surface area contributed by atoms with Gasteiger partial charge >= 0.3 is 6.18 Å². The minimum atomic E-state index is -4.44. The Bertz CT molecular complexity index is 1130. The van der Waals surface area contributed by atoms with Crippen molar-refractivity contribution in [3.05, 3.63) is 82.7 Å². The molecule has 8 heteroatoms. The van der Waals surface area contributed by atoms with Crippen LogP contribution in [0.5, 0.6) is 0 Å². The maximum atomic E-state index is 13.2. The lowest BCUT2D eigenvalue weighted by molar-refractivity contribution is -0.137. The molecule has 1 fully saturated rings. The van der Waals surface area contributed by atoms with Gasteiger partial charge in [-0.05, 0) is 55.8 Å². The number of carbonyl (C=O) groups is 1. The molecule has 174 valence electrons. The van der Waals surface area contributed by atoms with Gasteiger partial charge in [0.05, 0.1) is 28.7 Å². The highest BCUT2D eigenvalue weighted by Gasteiger charge is 2.34. The molecule has 1 aliphatic carbocycles. The van der Waals surface area contributed by atoms with Gasteiger partial charge in [-0.1, -0.05) is 37.3 Å². The third-order valence-electron chi connectivity index (χ3n) is 5.87. The third-order valence-corrected chi connectivity index (χ3v) is 5.87. The van der Waals surface area contributed by atoms with E-state index >= 15 is 0 Å². The topological polar surface area (TPSA) is 50.2 Å². The first-order valence-corrected chi connectivity index (χ1v) is 11.1. The van der Waals surface area contributed by atoms with E-state index in [4.69, 9.17) is 0 Å². The Hall–Kier alpha value is -3.13. The first kappa shape index (κ1) is 23.0. The molecule has 3 aromatic rings. The molecule has 1 aliphatic rings. The molecule has 0 saturated heterocycles. The van der Waals surface area contributed by atoms with Crippen molar-refractivity contribution in [2.45, 2.75) is 44.9 Å². The van der Waals surface area contributed by atoms with E-state index in [1.165, 1.54) is 22.5 Å². The Morgan fingerprint density at radius 3 is 2.58 bits per heavy atom. The van der Waals surface area contributed by atoms with Crippen molar-refractivity contribution in [2.24, 2.45) is 0 Å². The molecule has 0 aliphatic heterocycles. The number of halogens is 3. The molecule has 1 N–H and O–H groups in total. The average molecular weight is 457 g/mol. The van der Waals surface area contributed by atoms with E-state index in [1.54, 1.807) is 6.07 Å². The lowest BCUT2D eigenvalue weighted by Crippen LogP contribution is -2.24. The number of hydrogen-bond acceptors (Lipinski definition) is 3. The zero-order valence-corrected chi connectivity index (χ0v) is 18.7. The van der Waals surface area contributed by atoms with Crippen molar-refractivity contribution < 1.29 is 18.0 Å². The van der Waals surface area contributed by atoms with Crippen molar-refractivity contribution in [3.8, 4) is 5.69 Å². The summed E-state index contributed by atoms with van der Waals surface area (Å²) in [6.45, 7) is 4.23. The fourth-order valence-corrected chi connectivity index (χ4v) is 3.84. The smallest absolute Gasteiger partial charge is 0.348 e. The van der Waals surface area contributed by atoms with E-state index in [0.717, 1.165) is 43.6 Å². The van der Waals surface area contributed by atoms with Crippen molar-refractivity contribution in [2.75, 3.05) is 13.6 Å². The van der Waals surface area contributed by atoms with E-state index in [0.29, 0.717) is 23.5 Å². The minimum absolute atomic E-state index is 0.121. The maximum absolute atomic E-state index is 13.2. The summed E-state index contributed by atoms with van der Waals surface area (Å²) in [4.78, 5) is 15.2. The third kappa shape index (κ3) is 5.45. The summed E-state index contributed by atoms with van der Waals surface area (Å²) in [5, 5.41) is 7.23. The number of benzene rings is 2. The molecule has 4 rings (SSSR count). The number of rotatable bonds is 8. The molecule has 0 radical (unpaired) electrons. The Morgan fingerprint density at radius 1 is 1.15 bits per heavy atom. The van der Waals surface area contributed by atoms with Gasteiger partial charge in [-0.25, -0.2) is 4.68 Å². The molecule has 1 heterocycles. The van der Waals surface area contributed by atoms with Gasteiger partial charge in [-0.2, -0.15) is 18.3 Å². The molecule has 33 heavy (non-hydrogen) atoms. The van der Waals surface area contributed by atoms with Crippen LogP contribution in [0.15, 0.2) is 54.7 Å². The fraction of sp³-hybridized carbons (Fsp3) is 0.360. The molecule has 1 amide bonds. The Balaban J connectivity index is 1.53. The van der Waals surface area contributed by atoms with Gasteiger partial charge < -0.3 is 10.2 Å². The summed E-state index contributed by atoms with van der Waals surface area (Å²) in [7, 11) is 2.05. The van der Waals surface area contributed by atoms with Gasteiger partial charge in [-0.3, -0.25) is 4.79 Å². The number of amides is 1. The average Bonchev–Trinajstić information content (AvgIpc) is 3.54. The lowest BCUT2D eigenvalue weighted by Gasteiger charge is -2.14. The molecule has 1 saturated carbocycles. The van der Waals surface area contributed by atoms with Gasteiger partial charge in [0, 0.05) is 19.0 Å². The number of alkyl halides is 3. The van der Waals surface area contributed by atoms with Gasteiger partial charge in [0.1, 0.15) is 0 Å². The standard InChI is InChI=1S/C25H27F3N4O/c1-3-31(2)16-18-7-4-6-17(12-18)14-29-24(33)22-15-30-32(23(22)19-10-11-19)21-9-5-8-20(13-21)25(26,27)28/h4-9,12-13,15,19H,3,10-11,14,16H2,1-2H3,(H,29,33). The highest BCUT2D eigenvalue weighted by molar-refractivity contribution is 5.95. The molecule has 0 unspecified atom stereocenters. The van der Waals surface area contributed by atoms with Crippen LogP contribution in [0, 0.1) is 0 Å². The van der Waals surface area contributed by atoms with E-state index in [2.05, 4.69) is 41.4 Å². The summed E-state index contributed by atoms with van der Waals surface area (Å²) in [6, 6.07) is 13.1. The van der Waals surface area contributed by atoms with Crippen LogP contribution in [0.2, 0.25) is 0 Å². The van der Waals surface area contributed by atoms with Crippen molar-refractivity contribution in [1.29, 1.82) is 0 Å². The van der Waals surface area contributed by atoms with Crippen LogP contribution < -0.4 is 5.32 Å². The number of aromatic nitrogens is 2. The second-order valence-electron chi connectivity index (χ2n) is 8.51. The van der Waals surface area contributed by atoms with E-state index in [-0.39, 0.29) is 11.8 Å². The molecule has 5 nitrogen and oxygen atoms in total. The summed E-state index contributed by atoms with van der Waals surface area (Å²) in [5.41, 5.74) is 2.81.